The second kappa shape index (κ2) is 3.71. The van der Waals surface area contributed by atoms with Gasteiger partial charge in [-0.25, -0.2) is 4.79 Å². The molecule has 0 aromatic heterocycles. The first kappa shape index (κ1) is 11.5. The summed E-state index contributed by atoms with van der Waals surface area (Å²) in [6, 6.07) is 5.32. The lowest BCUT2D eigenvalue weighted by Crippen LogP contribution is -2.50. The van der Waals surface area contributed by atoms with Crippen LogP contribution in [-0.2, 0) is 10.3 Å². The molecule has 1 aromatic carbocycles. The number of imide groups is 1. The summed E-state index contributed by atoms with van der Waals surface area (Å²) in [6.45, 7) is 0.719. The molecule has 1 fully saturated rings. The van der Waals surface area contributed by atoms with E-state index < -0.39 is 11.6 Å². The quantitative estimate of drug-likeness (QED) is 0.711. The molecule has 18 heavy (non-hydrogen) atoms. The van der Waals surface area contributed by atoms with Crippen molar-refractivity contribution >= 4 is 33.6 Å². The van der Waals surface area contributed by atoms with Crippen molar-refractivity contribution in [2.24, 2.45) is 0 Å². The fraction of sp³-hybridized carbons (Fsp3) is 0.333. The number of fused-ring (bicyclic) bond motifs is 2. The minimum atomic E-state index is -0.903. The molecule has 0 saturated carbocycles. The molecule has 0 bridgehead atoms. The highest BCUT2D eigenvalue weighted by Gasteiger charge is 2.50. The third-order valence-corrected chi connectivity index (χ3v) is 4.09. The first-order valence-corrected chi connectivity index (χ1v) is 6.47. The lowest BCUT2D eigenvalue weighted by atomic mass is 9.82. The van der Waals surface area contributed by atoms with Gasteiger partial charge in [-0.15, -0.1) is 0 Å². The third kappa shape index (κ3) is 1.45. The van der Waals surface area contributed by atoms with Crippen LogP contribution in [-0.4, -0.2) is 25.5 Å². The molecule has 1 saturated heterocycles. The predicted molar refractivity (Wildman–Crippen MR) is 70.4 cm³/mol. The number of amides is 3. The smallest absolute Gasteiger partial charge is 0.322 e. The van der Waals surface area contributed by atoms with Crippen LogP contribution >= 0.6 is 15.9 Å². The monoisotopic (exact) mass is 309 g/mol. The number of carbonyl (C=O) groups excluding carboxylic acids is 2. The lowest BCUT2D eigenvalue weighted by Gasteiger charge is -2.38. The van der Waals surface area contributed by atoms with Crippen molar-refractivity contribution in [1.82, 2.24) is 10.6 Å². The van der Waals surface area contributed by atoms with E-state index in [1.54, 1.807) is 0 Å². The van der Waals surface area contributed by atoms with Gasteiger partial charge in [0.1, 0.15) is 5.54 Å². The van der Waals surface area contributed by atoms with E-state index in [9.17, 15) is 9.59 Å². The number of nitrogens with zero attached hydrogens (tertiary/aromatic N) is 1. The van der Waals surface area contributed by atoms with Gasteiger partial charge in [-0.05, 0) is 12.1 Å². The SMILES string of the molecule is CN1CCC2(NC(=O)NC2=O)c2ccc(Br)cc21. The number of hydrogen-bond donors (Lipinski definition) is 2. The van der Waals surface area contributed by atoms with E-state index in [2.05, 4.69) is 31.5 Å². The summed E-state index contributed by atoms with van der Waals surface area (Å²) in [5.41, 5.74) is 0.912. The highest BCUT2D eigenvalue weighted by molar-refractivity contribution is 9.10. The third-order valence-electron chi connectivity index (χ3n) is 3.59. The number of nitrogens with one attached hydrogen (secondary N) is 2. The Morgan fingerprint density at radius 3 is 2.83 bits per heavy atom. The molecule has 1 aromatic rings. The van der Waals surface area contributed by atoms with Crippen LogP contribution < -0.4 is 15.5 Å². The van der Waals surface area contributed by atoms with E-state index in [4.69, 9.17) is 0 Å². The maximum Gasteiger partial charge on any atom is 0.322 e. The molecule has 2 N–H and O–H groups in total. The van der Waals surface area contributed by atoms with Crippen LogP contribution in [0.1, 0.15) is 12.0 Å². The van der Waals surface area contributed by atoms with Crippen LogP contribution in [0.15, 0.2) is 22.7 Å². The molecule has 94 valence electrons. The number of urea groups is 1. The summed E-state index contributed by atoms with van der Waals surface area (Å²) in [6.07, 6.45) is 0.579. The number of anilines is 1. The average Bonchev–Trinajstić information content (AvgIpc) is 2.60. The van der Waals surface area contributed by atoms with E-state index >= 15 is 0 Å². The van der Waals surface area contributed by atoms with Crippen molar-refractivity contribution in [2.75, 3.05) is 18.5 Å². The molecule has 5 nitrogen and oxygen atoms in total. The average molecular weight is 310 g/mol. The maximum absolute atomic E-state index is 12.1. The zero-order valence-electron chi connectivity index (χ0n) is 9.79. The molecule has 0 radical (unpaired) electrons. The molecule has 1 atom stereocenters. The highest BCUT2D eigenvalue weighted by Crippen LogP contribution is 2.40. The molecule has 2 heterocycles. The lowest BCUT2D eigenvalue weighted by molar-refractivity contribution is -0.124. The van der Waals surface area contributed by atoms with E-state index in [1.807, 2.05) is 25.2 Å². The summed E-state index contributed by atoms with van der Waals surface area (Å²) >= 11 is 3.43. The van der Waals surface area contributed by atoms with Gasteiger partial charge in [-0.2, -0.15) is 0 Å². The number of hydrogen-bond acceptors (Lipinski definition) is 3. The Kier molecular flexibility index (Phi) is 2.38. The molecular weight excluding hydrogens is 298 g/mol. The number of benzene rings is 1. The van der Waals surface area contributed by atoms with E-state index in [1.165, 1.54) is 0 Å². The van der Waals surface area contributed by atoms with Crippen LogP contribution in [0.4, 0.5) is 10.5 Å². The van der Waals surface area contributed by atoms with Gasteiger partial charge in [0.15, 0.2) is 0 Å². The standard InChI is InChI=1S/C12H12BrN3O2/c1-16-5-4-12(10(17)14-11(18)15-12)8-3-2-7(13)6-9(8)16/h2-3,6H,4-5H2,1H3,(H2,14,15,17,18). The van der Waals surface area contributed by atoms with Gasteiger partial charge >= 0.3 is 6.03 Å². The minimum Gasteiger partial charge on any atom is -0.374 e. The Morgan fingerprint density at radius 2 is 2.17 bits per heavy atom. The Bertz CT molecular complexity index is 560. The van der Waals surface area contributed by atoms with Crippen LogP contribution in [0, 0.1) is 0 Å². The Hall–Kier alpha value is -1.56. The molecular formula is C12H12BrN3O2. The van der Waals surface area contributed by atoms with E-state index in [0.29, 0.717) is 6.42 Å². The number of rotatable bonds is 0. The van der Waals surface area contributed by atoms with E-state index in [-0.39, 0.29) is 5.91 Å². The van der Waals surface area contributed by atoms with Crippen molar-refractivity contribution in [2.45, 2.75) is 12.0 Å². The van der Waals surface area contributed by atoms with Crippen molar-refractivity contribution in [3.8, 4) is 0 Å². The molecule has 2 aliphatic heterocycles. The first-order chi connectivity index (χ1) is 8.53. The van der Waals surface area contributed by atoms with Crippen LogP contribution in [0.25, 0.3) is 0 Å². The van der Waals surface area contributed by atoms with Crippen LogP contribution in [0.5, 0.6) is 0 Å². The maximum atomic E-state index is 12.1. The Balaban J connectivity index is 2.19. The largest absolute Gasteiger partial charge is 0.374 e. The van der Waals surface area contributed by atoms with Gasteiger partial charge in [0.2, 0.25) is 0 Å². The molecule has 3 amide bonds. The molecule has 6 heteroatoms. The van der Waals surface area contributed by atoms with Gasteiger partial charge in [0.05, 0.1) is 0 Å². The predicted octanol–water partition coefficient (Wildman–Crippen LogP) is 1.32. The first-order valence-electron chi connectivity index (χ1n) is 5.68. The summed E-state index contributed by atoms with van der Waals surface area (Å²) in [5.74, 6) is -0.260. The topological polar surface area (TPSA) is 61.4 Å². The fourth-order valence-electron chi connectivity index (χ4n) is 2.63. The van der Waals surface area contributed by atoms with Crippen molar-refractivity contribution < 1.29 is 9.59 Å². The van der Waals surface area contributed by atoms with Gasteiger partial charge in [0.25, 0.3) is 5.91 Å². The molecule has 0 aliphatic carbocycles. The van der Waals surface area contributed by atoms with E-state index in [0.717, 1.165) is 22.3 Å². The summed E-state index contributed by atoms with van der Waals surface area (Å²) < 4.78 is 0.954. The van der Waals surface area contributed by atoms with Crippen molar-refractivity contribution in [1.29, 1.82) is 0 Å². The zero-order valence-corrected chi connectivity index (χ0v) is 11.4. The highest BCUT2D eigenvalue weighted by atomic mass is 79.9. The Morgan fingerprint density at radius 1 is 1.39 bits per heavy atom. The number of carbonyl (C=O) groups is 2. The molecule has 3 rings (SSSR count). The van der Waals surface area contributed by atoms with Gasteiger partial charge in [-0.3, -0.25) is 10.1 Å². The molecule has 1 unspecified atom stereocenters. The van der Waals surface area contributed by atoms with Crippen molar-refractivity contribution in [3.63, 3.8) is 0 Å². The van der Waals surface area contributed by atoms with Gasteiger partial charge < -0.3 is 10.2 Å². The fourth-order valence-corrected chi connectivity index (χ4v) is 2.98. The number of halogens is 1. The normalized spacial score (nSPS) is 26.0. The second-order valence-corrected chi connectivity index (χ2v) is 5.56. The summed E-state index contributed by atoms with van der Waals surface area (Å²) in [4.78, 5) is 25.6. The minimum absolute atomic E-state index is 0.260. The van der Waals surface area contributed by atoms with Crippen molar-refractivity contribution in [3.05, 3.63) is 28.2 Å². The summed E-state index contributed by atoms with van der Waals surface area (Å²) in [5, 5.41) is 5.10. The summed E-state index contributed by atoms with van der Waals surface area (Å²) in [7, 11) is 1.98. The van der Waals surface area contributed by atoms with Crippen LogP contribution in [0.3, 0.4) is 0 Å². The molecule has 1 spiro atoms. The molecule has 2 aliphatic rings. The van der Waals surface area contributed by atoms with Crippen LogP contribution in [0.2, 0.25) is 0 Å². The van der Waals surface area contributed by atoms with Gasteiger partial charge in [0, 0.05) is 35.7 Å². The second-order valence-electron chi connectivity index (χ2n) is 4.65. The van der Waals surface area contributed by atoms with Gasteiger partial charge in [-0.1, -0.05) is 22.0 Å². The Labute approximate surface area is 113 Å². The zero-order chi connectivity index (χ0) is 12.9.